The van der Waals surface area contributed by atoms with Gasteiger partial charge >= 0.3 is 6.03 Å². The molecule has 0 fully saturated rings. The van der Waals surface area contributed by atoms with Crippen LogP contribution in [-0.4, -0.2) is 36.9 Å². The first-order valence-electron chi connectivity index (χ1n) is 5.84. The van der Waals surface area contributed by atoms with Crippen molar-refractivity contribution in [3.05, 3.63) is 48.9 Å². The molecular formula is C12H14N8O2. The molecule has 0 atom stereocenters. The van der Waals surface area contributed by atoms with Gasteiger partial charge in [-0.05, 0) is 12.1 Å². The van der Waals surface area contributed by atoms with Crippen molar-refractivity contribution in [3.8, 4) is 0 Å². The fourth-order valence-electron chi connectivity index (χ4n) is 1.20. The molecule has 3 heterocycles. The van der Waals surface area contributed by atoms with Crippen LogP contribution in [0.5, 0.6) is 0 Å². The molecule has 3 aromatic rings. The molecule has 0 aliphatic rings. The average molecular weight is 302 g/mol. The fourth-order valence-corrected chi connectivity index (χ4v) is 1.20. The van der Waals surface area contributed by atoms with Crippen LogP contribution < -0.4 is 17.2 Å². The maximum atomic E-state index is 10.4. The molecule has 0 saturated carbocycles. The number of nitrogens with one attached hydrogen (secondary N) is 1. The van der Waals surface area contributed by atoms with Gasteiger partial charge < -0.3 is 22.2 Å². The summed E-state index contributed by atoms with van der Waals surface area (Å²) in [6.45, 7) is 0. The van der Waals surface area contributed by atoms with Gasteiger partial charge in [0.25, 0.3) is 0 Å². The van der Waals surface area contributed by atoms with E-state index < -0.39 is 11.9 Å². The van der Waals surface area contributed by atoms with Crippen molar-refractivity contribution in [2.75, 3.05) is 0 Å². The normalized spacial score (nSPS) is 8.91. The second-order valence-electron chi connectivity index (χ2n) is 3.67. The van der Waals surface area contributed by atoms with Gasteiger partial charge in [-0.15, -0.1) is 0 Å². The molecule has 0 spiro atoms. The molecule has 0 aliphatic carbocycles. The number of aromatic amines is 1. The van der Waals surface area contributed by atoms with Crippen LogP contribution in [-0.2, 0) is 0 Å². The van der Waals surface area contributed by atoms with Crippen LogP contribution in [0.1, 0.15) is 10.4 Å². The zero-order chi connectivity index (χ0) is 16.4. The highest BCUT2D eigenvalue weighted by atomic mass is 16.2. The van der Waals surface area contributed by atoms with E-state index >= 15 is 0 Å². The SMILES string of the molecule is NC(=O)c1cccnc1.NC(N)=O.c1ncc2[nH]cnc2n1. The van der Waals surface area contributed by atoms with Crippen molar-refractivity contribution in [1.29, 1.82) is 0 Å². The summed E-state index contributed by atoms with van der Waals surface area (Å²) in [7, 11) is 0. The number of pyridine rings is 1. The topological polar surface area (TPSA) is 180 Å². The van der Waals surface area contributed by atoms with E-state index in [9.17, 15) is 4.79 Å². The molecule has 0 radical (unpaired) electrons. The summed E-state index contributed by atoms with van der Waals surface area (Å²) in [5.74, 6) is -0.442. The van der Waals surface area contributed by atoms with E-state index in [2.05, 4.69) is 36.4 Å². The molecule has 10 heteroatoms. The van der Waals surface area contributed by atoms with E-state index in [1.165, 1.54) is 12.5 Å². The predicted molar refractivity (Wildman–Crippen MR) is 78.2 cm³/mol. The third kappa shape index (κ3) is 6.06. The van der Waals surface area contributed by atoms with Crippen LogP contribution in [0.4, 0.5) is 4.79 Å². The van der Waals surface area contributed by atoms with Crippen LogP contribution in [0, 0.1) is 0 Å². The zero-order valence-electron chi connectivity index (χ0n) is 11.4. The lowest BCUT2D eigenvalue weighted by Gasteiger charge is -1.88. The van der Waals surface area contributed by atoms with Crippen LogP contribution >= 0.6 is 0 Å². The van der Waals surface area contributed by atoms with Crippen molar-refractivity contribution in [2.24, 2.45) is 17.2 Å². The minimum absolute atomic E-state index is 0.442. The molecule has 22 heavy (non-hydrogen) atoms. The Hall–Kier alpha value is -3.56. The number of urea groups is 1. The van der Waals surface area contributed by atoms with Crippen LogP contribution in [0.25, 0.3) is 11.2 Å². The Morgan fingerprint density at radius 1 is 1.05 bits per heavy atom. The summed E-state index contributed by atoms with van der Waals surface area (Å²) in [6.07, 6.45) is 7.78. The standard InChI is InChI=1S/C6H6N2O.C5H4N4.CH4N2O/c7-6(9)5-2-1-3-8-4-5;1-4-5(8-2-6-1)9-3-7-4;2-1(3)4/h1-4H,(H2,7,9);1-3H,(H,6,7,8,9);(H4,2,3,4). The number of H-pyrrole nitrogens is 1. The Morgan fingerprint density at radius 2 is 1.77 bits per heavy atom. The first-order chi connectivity index (χ1) is 10.5. The summed E-state index contributed by atoms with van der Waals surface area (Å²) in [5, 5.41) is 0. The Bertz CT molecular complexity index is 694. The van der Waals surface area contributed by atoms with Gasteiger partial charge in [0.05, 0.1) is 18.1 Å². The van der Waals surface area contributed by atoms with Gasteiger partial charge in [0, 0.05) is 12.4 Å². The summed E-state index contributed by atoms with van der Waals surface area (Å²) >= 11 is 0. The number of carbonyl (C=O) groups excluding carboxylic acids is 2. The van der Waals surface area contributed by atoms with Crippen LogP contribution in [0.15, 0.2) is 43.4 Å². The number of aromatic nitrogens is 5. The molecule has 0 aromatic carbocycles. The maximum absolute atomic E-state index is 10.4. The van der Waals surface area contributed by atoms with E-state index in [4.69, 9.17) is 10.5 Å². The number of imidazole rings is 1. The first kappa shape index (κ1) is 16.5. The van der Waals surface area contributed by atoms with Gasteiger partial charge in [0.1, 0.15) is 11.8 Å². The second-order valence-corrected chi connectivity index (χ2v) is 3.67. The van der Waals surface area contributed by atoms with Crippen molar-refractivity contribution in [3.63, 3.8) is 0 Å². The number of hydrogen-bond acceptors (Lipinski definition) is 6. The molecule has 0 saturated heterocycles. The van der Waals surface area contributed by atoms with Crippen molar-refractivity contribution < 1.29 is 9.59 Å². The smallest absolute Gasteiger partial charge is 0.309 e. The lowest BCUT2D eigenvalue weighted by molar-refractivity contribution is 0.1000. The number of carbonyl (C=O) groups is 2. The second kappa shape index (κ2) is 8.58. The Morgan fingerprint density at radius 3 is 2.27 bits per heavy atom. The third-order valence-electron chi connectivity index (χ3n) is 2.04. The van der Waals surface area contributed by atoms with Crippen molar-refractivity contribution in [2.45, 2.75) is 0 Å². The summed E-state index contributed by atoms with van der Waals surface area (Å²) in [6, 6.07) is 2.45. The quantitative estimate of drug-likeness (QED) is 0.472. The number of amides is 3. The number of hydrogen-bond donors (Lipinski definition) is 4. The largest absolute Gasteiger partial charge is 0.366 e. The van der Waals surface area contributed by atoms with E-state index in [0.29, 0.717) is 11.2 Å². The van der Waals surface area contributed by atoms with Crippen LogP contribution in [0.3, 0.4) is 0 Å². The van der Waals surface area contributed by atoms with Crippen molar-refractivity contribution in [1.82, 2.24) is 24.9 Å². The van der Waals surface area contributed by atoms with Crippen LogP contribution in [0.2, 0.25) is 0 Å². The lowest BCUT2D eigenvalue weighted by Crippen LogP contribution is -2.18. The number of fused-ring (bicyclic) bond motifs is 1. The zero-order valence-corrected chi connectivity index (χ0v) is 11.4. The molecule has 3 rings (SSSR count). The molecule has 0 aliphatic heterocycles. The highest BCUT2D eigenvalue weighted by Gasteiger charge is 1.95. The minimum atomic E-state index is -0.833. The minimum Gasteiger partial charge on any atom is -0.366 e. The predicted octanol–water partition coefficient (Wildman–Crippen LogP) is -0.443. The first-order valence-corrected chi connectivity index (χ1v) is 5.84. The fraction of sp³-hybridized carbons (Fsp3) is 0. The average Bonchev–Trinajstić information content (AvgIpc) is 2.96. The number of nitrogens with two attached hydrogens (primary N) is 3. The molecule has 7 N–H and O–H groups in total. The number of rotatable bonds is 1. The molecule has 0 unspecified atom stereocenters. The summed E-state index contributed by atoms with van der Waals surface area (Å²) in [4.78, 5) is 37.6. The van der Waals surface area contributed by atoms with Gasteiger partial charge in [0.2, 0.25) is 5.91 Å². The third-order valence-corrected chi connectivity index (χ3v) is 2.04. The highest BCUT2D eigenvalue weighted by Crippen LogP contribution is 1.99. The van der Waals surface area contributed by atoms with E-state index in [1.807, 2.05) is 0 Å². The van der Waals surface area contributed by atoms with E-state index in [0.717, 1.165) is 5.52 Å². The molecule has 0 bridgehead atoms. The summed E-state index contributed by atoms with van der Waals surface area (Å²) < 4.78 is 0. The van der Waals surface area contributed by atoms with E-state index in [1.54, 1.807) is 30.9 Å². The number of nitrogens with zero attached hydrogens (tertiary/aromatic N) is 4. The molecule has 3 amide bonds. The molecule has 3 aromatic heterocycles. The Labute approximate surface area is 124 Å². The lowest BCUT2D eigenvalue weighted by atomic mass is 10.3. The molecule has 114 valence electrons. The Kier molecular flexibility index (Phi) is 6.43. The summed E-state index contributed by atoms with van der Waals surface area (Å²) in [5.41, 5.74) is 15.5. The molecular weight excluding hydrogens is 288 g/mol. The van der Waals surface area contributed by atoms with Gasteiger partial charge in [0.15, 0.2) is 5.65 Å². The monoisotopic (exact) mass is 302 g/mol. The Balaban J connectivity index is 0.000000179. The molecule has 10 nitrogen and oxygen atoms in total. The van der Waals surface area contributed by atoms with Gasteiger partial charge in [-0.3, -0.25) is 9.78 Å². The van der Waals surface area contributed by atoms with E-state index in [-0.39, 0.29) is 0 Å². The maximum Gasteiger partial charge on any atom is 0.309 e. The highest BCUT2D eigenvalue weighted by molar-refractivity contribution is 5.92. The van der Waals surface area contributed by atoms with Gasteiger partial charge in [-0.25, -0.2) is 19.7 Å². The van der Waals surface area contributed by atoms with Gasteiger partial charge in [-0.2, -0.15) is 0 Å². The van der Waals surface area contributed by atoms with Crippen molar-refractivity contribution >= 4 is 23.1 Å². The van der Waals surface area contributed by atoms with Gasteiger partial charge in [-0.1, -0.05) is 0 Å². The number of primary amides is 3.